The van der Waals surface area contributed by atoms with Gasteiger partial charge in [0.15, 0.2) is 0 Å². The van der Waals surface area contributed by atoms with E-state index < -0.39 is 0 Å². The summed E-state index contributed by atoms with van der Waals surface area (Å²) < 4.78 is 0. The minimum atomic E-state index is 0.820. The summed E-state index contributed by atoms with van der Waals surface area (Å²) in [6.45, 7) is 6.36. The van der Waals surface area contributed by atoms with Crippen LogP contribution in [0, 0.1) is 5.92 Å². The summed E-state index contributed by atoms with van der Waals surface area (Å²) in [4.78, 5) is 5.05. The van der Waals surface area contributed by atoms with Crippen LogP contribution in [0.25, 0.3) is 0 Å². The number of hydrogen-bond donors (Lipinski definition) is 1. The number of likely N-dealkylation sites (N-methyl/N-ethyl adjacent to an activating group) is 1. The van der Waals surface area contributed by atoms with Crippen molar-refractivity contribution in [1.82, 2.24) is 15.1 Å². The summed E-state index contributed by atoms with van der Waals surface area (Å²) in [7, 11) is 4.38. The van der Waals surface area contributed by atoms with Crippen molar-refractivity contribution < 1.29 is 0 Å². The molecule has 0 amide bonds. The first-order valence-electron chi connectivity index (χ1n) is 6.35. The highest BCUT2D eigenvalue weighted by molar-refractivity contribution is 4.84. The molecule has 2 atom stereocenters. The van der Waals surface area contributed by atoms with Crippen LogP contribution in [-0.4, -0.2) is 62.7 Å². The Morgan fingerprint density at radius 2 is 2.20 bits per heavy atom. The molecule has 2 saturated heterocycles. The van der Waals surface area contributed by atoms with E-state index in [-0.39, 0.29) is 0 Å². The normalized spacial score (nSPS) is 33.0. The average molecular weight is 211 g/mol. The van der Waals surface area contributed by atoms with E-state index in [2.05, 4.69) is 29.2 Å². The lowest BCUT2D eigenvalue weighted by molar-refractivity contribution is 0.185. The molecule has 0 aromatic heterocycles. The molecular formula is C12H25N3. The van der Waals surface area contributed by atoms with Crippen molar-refractivity contribution in [3.05, 3.63) is 0 Å². The molecule has 1 N–H and O–H groups in total. The highest BCUT2D eigenvalue weighted by Crippen LogP contribution is 2.21. The van der Waals surface area contributed by atoms with Crippen LogP contribution in [0.5, 0.6) is 0 Å². The molecule has 2 unspecified atom stereocenters. The van der Waals surface area contributed by atoms with Gasteiger partial charge < -0.3 is 10.2 Å². The number of rotatable bonds is 4. The summed E-state index contributed by atoms with van der Waals surface area (Å²) in [5, 5.41) is 3.46. The van der Waals surface area contributed by atoms with Crippen LogP contribution in [0.4, 0.5) is 0 Å². The molecule has 2 rings (SSSR count). The maximum atomic E-state index is 3.46. The van der Waals surface area contributed by atoms with E-state index in [1.807, 2.05) is 0 Å². The third-order valence-electron chi connectivity index (χ3n) is 3.73. The van der Waals surface area contributed by atoms with Gasteiger partial charge in [0.1, 0.15) is 0 Å². The molecule has 2 aliphatic heterocycles. The van der Waals surface area contributed by atoms with Gasteiger partial charge in [0, 0.05) is 19.1 Å². The van der Waals surface area contributed by atoms with Gasteiger partial charge >= 0.3 is 0 Å². The molecule has 0 aromatic carbocycles. The van der Waals surface area contributed by atoms with Crippen molar-refractivity contribution in [3.63, 3.8) is 0 Å². The third kappa shape index (κ3) is 3.16. The number of hydrogen-bond acceptors (Lipinski definition) is 3. The Kier molecular flexibility index (Phi) is 4.00. The number of likely N-dealkylation sites (tertiary alicyclic amines) is 1. The van der Waals surface area contributed by atoms with Gasteiger partial charge in [-0.05, 0) is 58.9 Å². The Hall–Kier alpha value is -0.120. The predicted molar refractivity (Wildman–Crippen MR) is 64.1 cm³/mol. The highest BCUT2D eigenvalue weighted by Gasteiger charge is 2.27. The maximum absolute atomic E-state index is 3.46. The van der Waals surface area contributed by atoms with E-state index in [1.165, 1.54) is 52.0 Å². The molecule has 0 spiro atoms. The molecule has 2 fully saturated rings. The molecule has 3 heteroatoms. The van der Waals surface area contributed by atoms with Crippen molar-refractivity contribution in [1.29, 1.82) is 0 Å². The summed E-state index contributed by atoms with van der Waals surface area (Å²) in [6, 6.07) is 0.820. The first kappa shape index (κ1) is 11.4. The summed E-state index contributed by atoms with van der Waals surface area (Å²) >= 11 is 0. The van der Waals surface area contributed by atoms with Crippen LogP contribution in [0.15, 0.2) is 0 Å². The zero-order valence-corrected chi connectivity index (χ0v) is 10.2. The van der Waals surface area contributed by atoms with Gasteiger partial charge in [0.2, 0.25) is 0 Å². The van der Waals surface area contributed by atoms with Gasteiger partial charge in [-0.2, -0.15) is 0 Å². The van der Waals surface area contributed by atoms with Crippen LogP contribution in [0.1, 0.15) is 19.3 Å². The highest BCUT2D eigenvalue weighted by atomic mass is 15.2. The molecule has 2 heterocycles. The Bertz CT molecular complexity index is 187. The van der Waals surface area contributed by atoms with Gasteiger partial charge in [-0.25, -0.2) is 0 Å². The van der Waals surface area contributed by atoms with Gasteiger partial charge in [-0.15, -0.1) is 0 Å². The number of nitrogens with one attached hydrogen (secondary N) is 1. The number of nitrogens with zero attached hydrogens (tertiary/aromatic N) is 2. The Morgan fingerprint density at radius 3 is 2.87 bits per heavy atom. The second kappa shape index (κ2) is 5.28. The SMILES string of the molecule is CN(C)CC1CCCN1CC1CCNC1. The minimum absolute atomic E-state index is 0.820. The fourth-order valence-corrected chi connectivity index (χ4v) is 2.97. The quantitative estimate of drug-likeness (QED) is 0.735. The molecule has 3 nitrogen and oxygen atoms in total. The van der Waals surface area contributed by atoms with Crippen LogP contribution in [0.3, 0.4) is 0 Å². The molecule has 0 saturated carbocycles. The topological polar surface area (TPSA) is 18.5 Å². The van der Waals surface area contributed by atoms with Crippen molar-refractivity contribution in [2.24, 2.45) is 5.92 Å². The Morgan fingerprint density at radius 1 is 1.33 bits per heavy atom. The second-order valence-corrected chi connectivity index (χ2v) is 5.41. The largest absolute Gasteiger partial charge is 0.316 e. The third-order valence-corrected chi connectivity index (χ3v) is 3.73. The lowest BCUT2D eigenvalue weighted by Gasteiger charge is -2.28. The van der Waals surface area contributed by atoms with E-state index in [0.717, 1.165) is 12.0 Å². The minimum Gasteiger partial charge on any atom is -0.316 e. The zero-order valence-electron chi connectivity index (χ0n) is 10.2. The monoisotopic (exact) mass is 211 g/mol. The molecular weight excluding hydrogens is 186 g/mol. The molecule has 15 heavy (non-hydrogen) atoms. The zero-order chi connectivity index (χ0) is 10.7. The summed E-state index contributed by atoms with van der Waals surface area (Å²) in [6.07, 6.45) is 4.18. The summed E-state index contributed by atoms with van der Waals surface area (Å²) in [5.74, 6) is 0.910. The van der Waals surface area contributed by atoms with Gasteiger partial charge in [-0.1, -0.05) is 0 Å². The molecule has 2 aliphatic rings. The first-order valence-corrected chi connectivity index (χ1v) is 6.35. The molecule has 0 radical (unpaired) electrons. The van der Waals surface area contributed by atoms with Gasteiger partial charge in [0.25, 0.3) is 0 Å². The Balaban J connectivity index is 1.79. The standard InChI is InChI=1S/C12H25N3/c1-14(2)10-12-4-3-7-15(12)9-11-5-6-13-8-11/h11-13H,3-10H2,1-2H3. The van der Waals surface area contributed by atoms with Crippen LogP contribution < -0.4 is 5.32 Å². The smallest absolute Gasteiger partial charge is 0.0223 e. The summed E-state index contributed by atoms with van der Waals surface area (Å²) in [5.41, 5.74) is 0. The first-order chi connectivity index (χ1) is 7.25. The molecule has 0 bridgehead atoms. The van der Waals surface area contributed by atoms with Crippen LogP contribution >= 0.6 is 0 Å². The van der Waals surface area contributed by atoms with Crippen molar-refractivity contribution in [2.75, 3.05) is 46.8 Å². The lowest BCUT2D eigenvalue weighted by atomic mass is 10.1. The molecule has 0 aromatic rings. The fraction of sp³-hybridized carbons (Fsp3) is 1.00. The van der Waals surface area contributed by atoms with E-state index in [1.54, 1.807) is 0 Å². The van der Waals surface area contributed by atoms with E-state index in [9.17, 15) is 0 Å². The van der Waals surface area contributed by atoms with E-state index in [0.29, 0.717) is 0 Å². The van der Waals surface area contributed by atoms with Gasteiger partial charge in [0.05, 0.1) is 0 Å². The van der Waals surface area contributed by atoms with E-state index >= 15 is 0 Å². The lowest BCUT2D eigenvalue weighted by Crippen LogP contribution is -2.40. The molecule has 0 aliphatic carbocycles. The van der Waals surface area contributed by atoms with Crippen molar-refractivity contribution >= 4 is 0 Å². The Labute approximate surface area is 93.8 Å². The van der Waals surface area contributed by atoms with E-state index in [4.69, 9.17) is 0 Å². The maximum Gasteiger partial charge on any atom is 0.0223 e. The van der Waals surface area contributed by atoms with Crippen LogP contribution in [0.2, 0.25) is 0 Å². The average Bonchev–Trinajstić information content (AvgIpc) is 2.78. The second-order valence-electron chi connectivity index (χ2n) is 5.41. The van der Waals surface area contributed by atoms with Gasteiger partial charge in [-0.3, -0.25) is 4.90 Å². The molecule has 88 valence electrons. The van der Waals surface area contributed by atoms with Crippen LogP contribution in [-0.2, 0) is 0 Å². The fourth-order valence-electron chi connectivity index (χ4n) is 2.97. The predicted octanol–water partition coefficient (Wildman–Crippen LogP) is 0.622. The van der Waals surface area contributed by atoms with Crippen molar-refractivity contribution in [3.8, 4) is 0 Å². The van der Waals surface area contributed by atoms with Crippen molar-refractivity contribution in [2.45, 2.75) is 25.3 Å².